The summed E-state index contributed by atoms with van der Waals surface area (Å²) in [5, 5.41) is 0. The zero-order valence-corrected chi connectivity index (χ0v) is 10.2. The van der Waals surface area contributed by atoms with Crippen LogP contribution in [0, 0.1) is 0 Å². The molecule has 16 heavy (non-hydrogen) atoms. The number of rotatable bonds is 1. The van der Waals surface area contributed by atoms with Crippen LogP contribution >= 0.6 is 15.9 Å². The van der Waals surface area contributed by atoms with Gasteiger partial charge in [-0.15, -0.1) is 0 Å². The van der Waals surface area contributed by atoms with Gasteiger partial charge in [0, 0.05) is 11.1 Å². The third-order valence-electron chi connectivity index (χ3n) is 2.78. The fourth-order valence-corrected chi connectivity index (χ4v) is 2.41. The molecule has 0 spiro atoms. The molecule has 1 saturated heterocycles. The number of ether oxygens (including phenoxy) is 1. The number of oxazole rings is 1. The Morgan fingerprint density at radius 1 is 1.44 bits per heavy atom. The standard InChI is InChI=1S/C11H11BrN2O2/c12-7-3-8(13)10-9(4-7)14-11(16-10)6-1-2-15-5-6/h3-4,6H,1-2,5,13H2. The summed E-state index contributed by atoms with van der Waals surface area (Å²) in [4.78, 5) is 4.46. The molecule has 2 heterocycles. The Balaban J connectivity index is 2.11. The van der Waals surface area contributed by atoms with Gasteiger partial charge in [-0.1, -0.05) is 15.9 Å². The maximum atomic E-state index is 5.87. The van der Waals surface area contributed by atoms with Crippen LogP contribution in [0.15, 0.2) is 21.0 Å². The minimum atomic E-state index is 0.269. The number of nitrogens with two attached hydrogens (primary N) is 1. The van der Waals surface area contributed by atoms with Crippen molar-refractivity contribution in [3.8, 4) is 0 Å². The van der Waals surface area contributed by atoms with Crippen LogP contribution < -0.4 is 5.73 Å². The van der Waals surface area contributed by atoms with E-state index in [1.807, 2.05) is 12.1 Å². The van der Waals surface area contributed by atoms with Gasteiger partial charge in [-0.05, 0) is 18.6 Å². The molecule has 2 aromatic rings. The Kier molecular flexibility index (Phi) is 2.37. The molecule has 0 bridgehead atoms. The number of nitrogens with zero attached hydrogens (tertiary/aromatic N) is 1. The highest BCUT2D eigenvalue weighted by Crippen LogP contribution is 2.31. The molecule has 0 amide bonds. The number of hydrogen-bond acceptors (Lipinski definition) is 4. The molecular formula is C11H11BrN2O2. The SMILES string of the molecule is Nc1cc(Br)cc2nc(C3CCOC3)oc12. The highest BCUT2D eigenvalue weighted by Gasteiger charge is 2.23. The first-order chi connectivity index (χ1) is 7.74. The van der Waals surface area contributed by atoms with Gasteiger partial charge >= 0.3 is 0 Å². The van der Waals surface area contributed by atoms with E-state index in [2.05, 4.69) is 20.9 Å². The molecule has 1 aliphatic rings. The van der Waals surface area contributed by atoms with Gasteiger partial charge in [0.05, 0.1) is 18.2 Å². The van der Waals surface area contributed by atoms with Crippen molar-refractivity contribution in [1.29, 1.82) is 0 Å². The van der Waals surface area contributed by atoms with Gasteiger partial charge in [0.25, 0.3) is 0 Å². The van der Waals surface area contributed by atoms with E-state index in [-0.39, 0.29) is 5.92 Å². The van der Waals surface area contributed by atoms with Crippen molar-refractivity contribution in [1.82, 2.24) is 4.98 Å². The molecule has 84 valence electrons. The number of nitrogen functional groups attached to an aromatic ring is 1. The van der Waals surface area contributed by atoms with Crippen molar-refractivity contribution >= 4 is 32.7 Å². The molecule has 0 aliphatic carbocycles. The van der Waals surface area contributed by atoms with Gasteiger partial charge in [-0.2, -0.15) is 0 Å². The van der Waals surface area contributed by atoms with E-state index in [1.54, 1.807) is 0 Å². The molecule has 1 atom stereocenters. The predicted molar refractivity (Wildman–Crippen MR) is 64.3 cm³/mol. The molecular weight excluding hydrogens is 272 g/mol. The number of benzene rings is 1. The fourth-order valence-electron chi connectivity index (χ4n) is 1.94. The van der Waals surface area contributed by atoms with Crippen molar-refractivity contribution in [3.63, 3.8) is 0 Å². The lowest BCUT2D eigenvalue weighted by Crippen LogP contribution is -1.96. The lowest BCUT2D eigenvalue weighted by Gasteiger charge is -1.99. The normalized spacial score (nSPS) is 20.7. The molecule has 1 fully saturated rings. The zero-order chi connectivity index (χ0) is 11.1. The molecule has 1 aliphatic heterocycles. The first-order valence-corrected chi connectivity index (χ1v) is 5.96. The second-order valence-electron chi connectivity index (χ2n) is 3.96. The predicted octanol–water partition coefficient (Wildman–Crippen LogP) is 2.68. The first kappa shape index (κ1) is 10.1. The molecule has 1 aromatic heterocycles. The van der Waals surface area contributed by atoms with Crippen molar-refractivity contribution in [2.75, 3.05) is 18.9 Å². The Morgan fingerprint density at radius 3 is 3.06 bits per heavy atom. The average Bonchev–Trinajstić information content (AvgIpc) is 2.82. The Hall–Kier alpha value is -1.07. The molecule has 3 rings (SSSR count). The summed E-state index contributed by atoms with van der Waals surface area (Å²) in [7, 11) is 0. The third kappa shape index (κ3) is 1.60. The Labute approximate surface area is 101 Å². The number of fused-ring (bicyclic) bond motifs is 1. The van der Waals surface area contributed by atoms with E-state index >= 15 is 0 Å². The van der Waals surface area contributed by atoms with E-state index in [4.69, 9.17) is 14.9 Å². The minimum absolute atomic E-state index is 0.269. The molecule has 5 heteroatoms. The summed E-state index contributed by atoms with van der Waals surface area (Å²) in [6, 6.07) is 3.73. The Morgan fingerprint density at radius 2 is 2.31 bits per heavy atom. The summed E-state index contributed by atoms with van der Waals surface area (Å²) < 4.78 is 11.9. The van der Waals surface area contributed by atoms with E-state index in [1.165, 1.54) is 0 Å². The summed E-state index contributed by atoms with van der Waals surface area (Å²) >= 11 is 3.39. The van der Waals surface area contributed by atoms with Crippen LogP contribution in [0.4, 0.5) is 5.69 Å². The van der Waals surface area contributed by atoms with E-state index in [0.717, 1.165) is 28.9 Å². The quantitative estimate of drug-likeness (QED) is 0.817. The van der Waals surface area contributed by atoms with Crippen LogP contribution in [0.5, 0.6) is 0 Å². The largest absolute Gasteiger partial charge is 0.438 e. The van der Waals surface area contributed by atoms with Crippen molar-refractivity contribution < 1.29 is 9.15 Å². The van der Waals surface area contributed by atoms with Crippen LogP contribution in [0.2, 0.25) is 0 Å². The van der Waals surface area contributed by atoms with Gasteiger partial charge in [0.2, 0.25) is 5.89 Å². The van der Waals surface area contributed by atoms with Crippen molar-refractivity contribution in [2.24, 2.45) is 0 Å². The number of halogens is 1. The lowest BCUT2D eigenvalue weighted by atomic mass is 10.1. The van der Waals surface area contributed by atoms with Crippen molar-refractivity contribution in [2.45, 2.75) is 12.3 Å². The molecule has 1 aromatic carbocycles. The summed E-state index contributed by atoms with van der Waals surface area (Å²) in [6.07, 6.45) is 0.966. The van der Waals surface area contributed by atoms with Gasteiger partial charge in [0.1, 0.15) is 5.52 Å². The number of hydrogen-bond donors (Lipinski definition) is 1. The monoisotopic (exact) mass is 282 g/mol. The van der Waals surface area contributed by atoms with E-state index < -0.39 is 0 Å². The molecule has 0 saturated carbocycles. The molecule has 1 unspecified atom stereocenters. The van der Waals surface area contributed by atoms with Gasteiger partial charge < -0.3 is 14.9 Å². The summed E-state index contributed by atoms with van der Waals surface area (Å²) in [5.74, 6) is 1.00. The molecule has 4 nitrogen and oxygen atoms in total. The highest BCUT2D eigenvalue weighted by molar-refractivity contribution is 9.10. The number of aromatic nitrogens is 1. The minimum Gasteiger partial charge on any atom is -0.438 e. The first-order valence-electron chi connectivity index (χ1n) is 5.17. The van der Waals surface area contributed by atoms with Crippen LogP contribution in [0.1, 0.15) is 18.2 Å². The fraction of sp³-hybridized carbons (Fsp3) is 0.364. The Bertz CT molecular complexity index is 532. The summed E-state index contributed by atoms with van der Waals surface area (Å²) in [6.45, 7) is 1.47. The maximum Gasteiger partial charge on any atom is 0.201 e. The maximum absolute atomic E-state index is 5.87. The summed E-state index contributed by atoms with van der Waals surface area (Å²) in [5.41, 5.74) is 7.96. The van der Waals surface area contributed by atoms with Gasteiger partial charge in [0.15, 0.2) is 5.58 Å². The second-order valence-corrected chi connectivity index (χ2v) is 4.87. The average molecular weight is 283 g/mol. The highest BCUT2D eigenvalue weighted by atomic mass is 79.9. The topological polar surface area (TPSA) is 61.3 Å². The van der Waals surface area contributed by atoms with E-state index in [0.29, 0.717) is 17.9 Å². The van der Waals surface area contributed by atoms with Crippen LogP contribution in [-0.4, -0.2) is 18.2 Å². The van der Waals surface area contributed by atoms with Crippen molar-refractivity contribution in [3.05, 3.63) is 22.5 Å². The van der Waals surface area contributed by atoms with Crippen LogP contribution in [0.3, 0.4) is 0 Å². The second kappa shape index (κ2) is 3.75. The zero-order valence-electron chi connectivity index (χ0n) is 8.57. The molecule has 2 N–H and O–H groups in total. The van der Waals surface area contributed by atoms with Gasteiger partial charge in [-0.25, -0.2) is 4.98 Å². The third-order valence-corrected chi connectivity index (χ3v) is 3.24. The van der Waals surface area contributed by atoms with E-state index in [9.17, 15) is 0 Å². The lowest BCUT2D eigenvalue weighted by molar-refractivity contribution is 0.191. The smallest absolute Gasteiger partial charge is 0.201 e. The number of anilines is 1. The van der Waals surface area contributed by atoms with Crippen LogP contribution in [0.25, 0.3) is 11.1 Å². The van der Waals surface area contributed by atoms with Crippen LogP contribution in [-0.2, 0) is 4.74 Å². The molecule has 0 radical (unpaired) electrons. The van der Waals surface area contributed by atoms with Gasteiger partial charge in [-0.3, -0.25) is 0 Å².